The van der Waals surface area contributed by atoms with Crippen LogP contribution in [0.5, 0.6) is 0 Å². The van der Waals surface area contributed by atoms with E-state index in [1.54, 1.807) is 16.7 Å². The molecule has 0 aromatic heterocycles. The van der Waals surface area contributed by atoms with Crippen LogP contribution in [0.1, 0.15) is 45.4 Å². The summed E-state index contributed by atoms with van der Waals surface area (Å²) in [6.45, 7) is 2.68. The van der Waals surface area contributed by atoms with Gasteiger partial charge in [0.15, 0.2) is 0 Å². The molecule has 1 heterocycles. The van der Waals surface area contributed by atoms with Crippen LogP contribution in [0.4, 0.5) is 4.79 Å². The standard InChI is InChI=1S/C15H24N2O3S/c1-2-16(11-5-3-4-6-11)15(20)17-12(14(18)19)9-21-13(17)10-7-8-10/h10-13H,2-9H2,1H3,(H,18,19). The fourth-order valence-corrected chi connectivity index (χ4v) is 5.24. The molecule has 0 radical (unpaired) electrons. The summed E-state index contributed by atoms with van der Waals surface area (Å²) < 4.78 is 0. The van der Waals surface area contributed by atoms with E-state index in [1.165, 1.54) is 12.8 Å². The van der Waals surface area contributed by atoms with Gasteiger partial charge in [0.25, 0.3) is 0 Å². The van der Waals surface area contributed by atoms with Crippen LogP contribution in [0.25, 0.3) is 0 Å². The number of thioether (sulfide) groups is 1. The predicted octanol–water partition coefficient (Wildman–Crippen LogP) is 2.61. The van der Waals surface area contributed by atoms with Crippen LogP contribution in [0, 0.1) is 5.92 Å². The molecule has 2 atom stereocenters. The molecule has 118 valence electrons. The number of hydrogen-bond donors (Lipinski definition) is 1. The highest BCUT2D eigenvalue weighted by Gasteiger charge is 2.49. The Morgan fingerprint density at radius 1 is 1.24 bits per heavy atom. The van der Waals surface area contributed by atoms with Gasteiger partial charge in [0.1, 0.15) is 6.04 Å². The van der Waals surface area contributed by atoms with Crippen molar-refractivity contribution in [1.82, 2.24) is 9.80 Å². The van der Waals surface area contributed by atoms with Gasteiger partial charge in [-0.2, -0.15) is 0 Å². The maximum absolute atomic E-state index is 13.0. The SMILES string of the molecule is CCN(C(=O)N1C(C(=O)O)CSC1C1CC1)C1CCCC1. The first-order chi connectivity index (χ1) is 10.1. The Kier molecular flexibility index (Phi) is 4.33. The summed E-state index contributed by atoms with van der Waals surface area (Å²) in [6.07, 6.45) is 6.74. The fourth-order valence-electron chi connectivity index (χ4n) is 3.62. The molecule has 1 N–H and O–H groups in total. The van der Waals surface area contributed by atoms with Crippen LogP contribution >= 0.6 is 11.8 Å². The topological polar surface area (TPSA) is 60.9 Å². The minimum atomic E-state index is -0.860. The van der Waals surface area contributed by atoms with Crippen LogP contribution in [0.15, 0.2) is 0 Å². The number of aliphatic carboxylic acids is 1. The zero-order valence-corrected chi connectivity index (χ0v) is 13.3. The van der Waals surface area contributed by atoms with Gasteiger partial charge in [-0.25, -0.2) is 9.59 Å². The predicted molar refractivity (Wildman–Crippen MR) is 82.3 cm³/mol. The van der Waals surface area contributed by atoms with Crippen molar-refractivity contribution < 1.29 is 14.7 Å². The molecule has 2 unspecified atom stereocenters. The zero-order chi connectivity index (χ0) is 15.0. The second-order valence-electron chi connectivity index (χ2n) is 6.33. The normalized spacial score (nSPS) is 29.9. The molecule has 0 aromatic carbocycles. The van der Waals surface area contributed by atoms with Crippen molar-refractivity contribution in [2.24, 2.45) is 5.92 Å². The highest BCUT2D eigenvalue weighted by Crippen LogP contribution is 2.46. The summed E-state index contributed by atoms with van der Waals surface area (Å²) in [5.41, 5.74) is 0. The van der Waals surface area contributed by atoms with E-state index < -0.39 is 12.0 Å². The van der Waals surface area contributed by atoms with Crippen molar-refractivity contribution in [3.63, 3.8) is 0 Å². The molecule has 2 amide bonds. The molecular weight excluding hydrogens is 288 g/mol. The molecule has 1 aliphatic heterocycles. The van der Waals surface area contributed by atoms with Gasteiger partial charge in [-0.3, -0.25) is 4.90 Å². The minimum Gasteiger partial charge on any atom is -0.480 e. The maximum atomic E-state index is 13.0. The fraction of sp³-hybridized carbons (Fsp3) is 0.867. The highest BCUT2D eigenvalue weighted by atomic mass is 32.2. The molecule has 0 bridgehead atoms. The first-order valence-corrected chi connectivity index (χ1v) is 9.11. The average Bonchev–Trinajstić information content (AvgIpc) is 3.00. The van der Waals surface area contributed by atoms with Crippen molar-refractivity contribution in [2.45, 2.75) is 62.9 Å². The third kappa shape index (κ3) is 2.87. The molecule has 6 heteroatoms. The lowest BCUT2D eigenvalue weighted by atomic mass is 10.2. The molecule has 0 aromatic rings. The summed E-state index contributed by atoms with van der Waals surface area (Å²) >= 11 is 1.65. The van der Waals surface area contributed by atoms with Gasteiger partial charge < -0.3 is 10.0 Å². The van der Waals surface area contributed by atoms with Crippen LogP contribution < -0.4 is 0 Å². The summed E-state index contributed by atoms with van der Waals surface area (Å²) in [5.74, 6) is 0.178. The molecule has 0 spiro atoms. The van der Waals surface area contributed by atoms with Gasteiger partial charge in [0.2, 0.25) is 0 Å². The van der Waals surface area contributed by atoms with E-state index in [4.69, 9.17) is 0 Å². The summed E-state index contributed by atoms with van der Waals surface area (Å²) in [5, 5.41) is 9.52. The van der Waals surface area contributed by atoms with Crippen LogP contribution in [-0.2, 0) is 4.79 Å². The molecule has 1 saturated heterocycles. The summed E-state index contributed by atoms with van der Waals surface area (Å²) in [6, 6.07) is -0.385. The van der Waals surface area contributed by atoms with Gasteiger partial charge in [0, 0.05) is 18.3 Å². The first kappa shape index (κ1) is 15.0. The zero-order valence-electron chi connectivity index (χ0n) is 12.5. The van der Waals surface area contributed by atoms with E-state index in [0.29, 0.717) is 24.3 Å². The summed E-state index contributed by atoms with van der Waals surface area (Å²) in [4.78, 5) is 28.1. The first-order valence-electron chi connectivity index (χ1n) is 8.06. The van der Waals surface area contributed by atoms with Gasteiger partial charge >= 0.3 is 12.0 Å². The lowest BCUT2D eigenvalue weighted by Crippen LogP contribution is -2.54. The number of amides is 2. The Morgan fingerprint density at radius 3 is 2.43 bits per heavy atom. The molecule has 5 nitrogen and oxygen atoms in total. The highest BCUT2D eigenvalue weighted by molar-refractivity contribution is 8.00. The van der Waals surface area contributed by atoms with Crippen LogP contribution in [0.2, 0.25) is 0 Å². The van der Waals surface area contributed by atoms with Crippen molar-refractivity contribution >= 4 is 23.8 Å². The molecule has 2 saturated carbocycles. The lowest BCUT2D eigenvalue weighted by Gasteiger charge is -2.36. The monoisotopic (exact) mass is 312 g/mol. The van der Waals surface area contributed by atoms with Gasteiger partial charge in [-0.05, 0) is 38.5 Å². The lowest BCUT2D eigenvalue weighted by molar-refractivity contribution is -0.141. The Morgan fingerprint density at radius 2 is 1.90 bits per heavy atom. The third-order valence-electron chi connectivity index (χ3n) is 4.92. The Labute approximate surface area is 130 Å². The second kappa shape index (κ2) is 6.07. The van der Waals surface area contributed by atoms with E-state index in [-0.39, 0.29) is 11.4 Å². The van der Waals surface area contributed by atoms with E-state index in [0.717, 1.165) is 25.7 Å². The number of hydrogen-bond acceptors (Lipinski definition) is 3. The molecule has 2 aliphatic carbocycles. The average molecular weight is 312 g/mol. The van der Waals surface area contributed by atoms with Gasteiger partial charge in [-0.15, -0.1) is 11.8 Å². The molecular formula is C15H24N2O3S. The molecule has 3 aliphatic rings. The smallest absolute Gasteiger partial charge is 0.327 e. The molecule has 21 heavy (non-hydrogen) atoms. The number of carboxylic acid groups (broad SMARTS) is 1. The Balaban J connectivity index is 1.79. The van der Waals surface area contributed by atoms with Crippen molar-refractivity contribution in [3.8, 4) is 0 Å². The summed E-state index contributed by atoms with van der Waals surface area (Å²) in [7, 11) is 0. The number of rotatable bonds is 4. The molecule has 3 rings (SSSR count). The van der Waals surface area contributed by atoms with Gasteiger partial charge in [-0.1, -0.05) is 12.8 Å². The Bertz CT molecular complexity index is 421. The van der Waals surface area contributed by atoms with Crippen LogP contribution in [0.3, 0.4) is 0 Å². The Hall–Kier alpha value is -0.910. The maximum Gasteiger partial charge on any atom is 0.327 e. The van der Waals surface area contributed by atoms with E-state index in [2.05, 4.69) is 0 Å². The van der Waals surface area contributed by atoms with Crippen molar-refractivity contribution in [1.29, 1.82) is 0 Å². The second-order valence-corrected chi connectivity index (χ2v) is 7.48. The van der Waals surface area contributed by atoms with Crippen LogP contribution in [-0.4, -0.2) is 56.7 Å². The van der Waals surface area contributed by atoms with Gasteiger partial charge in [0.05, 0.1) is 5.37 Å². The van der Waals surface area contributed by atoms with E-state index in [1.807, 2.05) is 11.8 Å². The van der Waals surface area contributed by atoms with Crippen molar-refractivity contribution in [3.05, 3.63) is 0 Å². The molecule has 3 fully saturated rings. The largest absolute Gasteiger partial charge is 0.480 e. The number of carbonyl (C=O) groups excluding carboxylic acids is 1. The third-order valence-corrected chi connectivity index (χ3v) is 6.38. The quantitative estimate of drug-likeness (QED) is 0.867. The number of nitrogens with zero attached hydrogens (tertiary/aromatic N) is 2. The number of urea groups is 1. The minimum absolute atomic E-state index is 0.0429. The van der Waals surface area contributed by atoms with E-state index in [9.17, 15) is 14.7 Å². The number of carboxylic acids is 1. The van der Waals surface area contributed by atoms with Crippen molar-refractivity contribution in [2.75, 3.05) is 12.3 Å². The van der Waals surface area contributed by atoms with E-state index >= 15 is 0 Å². The number of carbonyl (C=O) groups is 2.